The molecule has 0 spiro atoms. The summed E-state index contributed by atoms with van der Waals surface area (Å²) in [4.78, 5) is 37.2. The van der Waals surface area contributed by atoms with Gasteiger partial charge in [0, 0.05) is 12.5 Å². The van der Waals surface area contributed by atoms with E-state index in [2.05, 4.69) is 20.3 Å². The van der Waals surface area contributed by atoms with E-state index in [1.54, 1.807) is 44.2 Å². The molecule has 2 aromatic heterocycles. The van der Waals surface area contributed by atoms with Crippen LogP contribution in [0.25, 0.3) is 11.2 Å². The summed E-state index contributed by atoms with van der Waals surface area (Å²) in [5.41, 5.74) is 0.960. The molecular formula is C23H24FN5O6. The molecular weight excluding hydrogens is 461 g/mol. The summed E-state index contributed by atoms with van der Waals surface area (Å²) in [7, 11) is 0. The number of nitrogens with zero attached hydrogens (tertiary/aromatic N) is 4. The largest absolute Gasteiger partial charge is 0.454 e. The molecule has 0 saturated carbocycles. The zero-order valence-corrected chi connectivity index (χ0v) is 19.3. The Morgan fingerprint density at radius 1 is 1.20 bits per heavy atom. The number of fused-ring (bicyclic) bond motifs is 2. The molecule has 35 heavy (non-hydrogen) atoms. The standard InChI is InChI=1S/C23H24FN5O6/c1-12(30)33-18-15(24)17-14(9-32-23(2,3)35-17)34-22(18)29-11-27-16-19(25-10-26-20(16)29)28-21(31)13-7-5-4-6-8-13/h4-8,10-11,14-15,17-18,22H,9H2,1-3H3,(H,25,26,28,31)/t14-,15+,17-,18-,22-/m1/s1. The van der Waals surface area contributed by atoms with Crippen molar-refractivity contribution < 1.29 is 32.9 Å². The van der Waals surface area contributed by atoms with Crippen molar-refractivity contribution >= 4 is 28.9 Å². The number of alkyl halides is 1. The molecule has 2 aliphatic rings. The summed E-state index contributed by atoms with van der Waals surface area (Å²) in [6.45, 7) is 4.63. The van der Waals surface area contributed by atoms with E-state index in [9.17, 15) is 9.59 Å². The highest BCUT2D eigenvalue weighted by molar-refractivity contribution is 6.06. The van der Waals surface area contributed by atoms with Gasteiger partial charge in [-0.15, -0.1) is 0 Å². The lowest BCUT2D eigenvalue weighted by Gasteiger charge is -2.48. The number of amides is 1. The monoisotopic (exact) mass is 485 g/mol. The number of nitrogens with one attached hydrogen (secondary N) is 1. The number of ether oxygens (including phenoxy) is 4. The van der Waals surface area contributed by atoms with Gasteiger partial charge in [-0.2, -0.15) is 0 Å². The summed E-state index contributed by atoms with van der Waals surface area (Å²) in [6.07, 6.45) is -3.28. The third-order valence-electron chi connectivity index (χ3n) is 5.81. The molecule has 184 valence electrons. The molecule has 5 atom stereocenters. The van der Waals surface area contributed by atoms with E-state index < -0.39 is 42.5 Å². The van der Waals surface area contributed by atoms with Crippen LogP contribution < -0.4 is 5.32 Å². The lowest BCUT2D eigenvalue weighted by atomic mass is 9.97. The number of anilines is 1. The number of carbonyl (C=O) groups excluding carboxylic acids is 2. The summed E-state index contributed by atoms with van der Waals surface area (Å²) in [5, 5.41) is 2.72. The molecule has 0 unspecified atom stereocenters. The highest BCUT2D eigenvalue weighted by atomic mass is 19.1. The molecule has 11 nitrogen and oxygen atoms in total. The molecule has 1 amide bonds. The fourth-order valence-corrected chi connectivity index (χ4v) is 4.24. The lowest BCUT2D eigenvalue weighted by molar-refractivity contribution is -0.358. The second kappa shape index (κ2) is 8.95. The Hall–Kier alpha value is -3.48. The second-order valence-electron chi connectivity index (χ2n) is 8.74. The van der Waals surface area contributed by atoms with E-state index in [-0.39, 0.29) is 29.5 Å². The molecule has 2 aliphatic heterocycles. The molecule has 5 rings (SSSR count). The fourth-order valence-electron chi connectivity index (χ4n) is 4.24. The molecule has 1 N–H and O–H groups in total. The minimum Gasteiger partial charge on any atom is -0.454 e. The summed E-state index contributed by atoms with van der Waals surface area (Å²) >= 11 is 0. The van der Waals surface area contributed by atoms with Crippen LogP contribution in [-0.4, -0.2) is 68.3 Å². The van der Waals surface area contributed by atoms with E-state index in [4.69, 9.17) is 18.9 Å². The van der Waals surface area contributed by atoms with Crippen molar-refractivity contribution in [2.75, 3.05) is 11.9 Å². The first-order valence-electron chi connectivity index (χ1n) is 11.1. The van der Waals surface area contributed by atoms with Gasteiger partial charge in [-0.3, -0.25) is 14.2 Å². The molecule has 12 heteroatoms. The minimum absolute atomic E-state index is 0.0847. The average molecular weight is 485 g/mol. The maximum absolute atomic E-state index is 15.7. The van der Waals surface area contributed by atoms with Crippen molar-refractivity contribution in [3.63, 3.8) is 0 Å². The highest BCUT2D eigenvalue weighted by Crippen LogP contribution is 2.39. The van der Waals surface area contributed by atoms with Gasteiger partial charge in [0.25, 0.3) is 5.91 Å². The highest BCUT2D eigenvalue weighted by Gasteiger charge is 2.54. The van der Waals surface area contributed by atoms with Crippen LogP contribution in [0.2, 0.25) is 0 Å². The average Bonchev–Trinajstić information content (AvgIpc) is 3.26. The maximum atomic E-state index is 15.7. The zero-order chi connectivity index (χ0) is 24.7. The summed E-state index contributed by atoms with van der Waals surface area (Å²) in [6, 6.07) is 8.63. The van der Waals surface area contributed by atoms with Crippen molar-refractivity contribution in [2.45, 2.75) is 57.3 Å². The molecule has 4 heterocycles. The Labute approximate surface area is 199 Å². The van der Waals surface area contributed by atoms with E-state index in [1.165, 1.54) is 24.1 Å². The van der Waals surface area contributed by atoms with Crippen LogP contribution in [0.5, 0.6) is 0 Å². The minimum atomic E-state index is -1.71. The Bertz CT molecular complexity index is 1250. The maximum Gasteiger partial charge on any atom is 0.303 e. The lowest BCUT2D eigenvalue weighted by Crippen LogP contribution is -2.62. The summed E-state index contributed by atoms with van der Waals surface area (Å²) in [5.74, 6) is -1.89. The number of hydrogen-bond acceptors (Lipinski definition) is 9. The first-order chi connectivity index (χ1) is 16.7. The van der Waals surface area contributed by atoms with Gasteiger partial charge >= 0.3 is 5.97 Å². The van der Waals surface area contributed by atoms with Gasteiger partial charge in [-0.25, -0.2) is 19.3 Å². The van der Waals surface area contributed by atoms with Gasteiger partial charge in [0.2, 0.25) is 0 Å². The van der Waals surface area contributed by atoms with Crippen molar-refractivity contribution in [1.82, 2.24) is 19.5 Å². The Morgan fingerprint density at radius 3 is 2.71 bits per heavy atom. The van der Waals surface area contributed by atoms with Crippen molar-refractivity contribution in [2.24, 2.45) is 0 Å². The smallest absolute Gasteiger partial charge is 0.303 e. The number of hydrogen-bond donors (Lipinski definition) is 1. The van der Waals surface area contributed by atoms with E-state index >= 15 is 4.39 Å². The van der Waals surface area contributed by atoms with Gasteiger partial charge in [0.1, 0.15) is 18.5 Å². The van der Waals surface area contributed by atoms with E-state index in [1.807, 2.05) is 0 Å². The van der Waals surface area contributed by atoms with Gasteiger partial charge in [-0.05, 0) is 26.0 Å². The van der Waals surface area contributed by atoms with Crippen molar-refractivity contribution in [1.29, 1.82) is 0 Å². The topological polar surface area (TPSA) is 127 Å². The van der Waals surface area contributed by atoms with Crippen LogP contribution in [0.3, 0.4) is 0 Å². The van der Waals surface area contributed by atoms with Gasteiger partial charge in [0.15, 0.2) is 41.3 Å². The van der Waals surface area contributed by atoms with Crippen LogP contribution in [-0.2, 0) is 23.7 Å². The Kier molecular flexibility index (Phi) is 5.95. The van der Waals surface area contributed by atoms with Gasteiger partial charge in [-0.1, -0.05) is 18.2 Å². The third kappa shape index (κ3) is 4.47. The predicted octanol–water partition coefficient (Wildman–Crippen LogP) is 2.40. The molecule has 0 bridgehead atoms. The van der Waals surface area contributed by atoms with Crippen LogP contribution in [0, 0.1) is 0 Å². The first kappa shape index (κ1) is 23.3. The molecule has 1 aromatic carbocycles. The number of esters is 1. The molecule has 0 aliphatic carbocycles. The van der Waals surface area contributed by atoms with Crippen LogP contribution >= 0.6 is 0 Å². The number of imidazole rings is 1. The zero-order valence-electron chi connectivity index (χ0n) is 19.3. The van der Waals surface area contributed by atoms with Crippen molar-refractivity contribution in [3.05, 3.63) is 48.5 Å². The van der Waals surface area contributed by atoms with Gasteiger partial charge < -0.3 is 24.3 Å². The van der Waals surface area contributed by atoms with Gasteiger partial charge in [0.05, 0.1) is 12.9 Å². The van der Waals surface area contributed by atoms with Crippen LogP contribution in [0.4, 0.5) is 10.2 Å². The van der Waals surface area contributed by atoms with Crippen LogP contribution in [0.1, 0.15) is 37.4 Å². The third-order valence-corrected chi connectivity index (χ3v) is 5.81. The van der Waals surface area contributed by atoms with E-state index in [0.717, 1.165) is 0 Å². The molecule has 2 fully saturated rings. The first-order valence-corrected chi connectivity index (χ1v) is 11.1. The normalized spacial score (nSPS) is 27.7. The Morgan fingerprint density at radius 2 is 1.97 bits per heavy atom. The molecule has 0 radical (unpaired) electrons. The number of carbonyl (C=O) groups is 2. The number of aromatic nitrogens is 4. The van der Waals surface area contributed by atoms with Crippen LogP contribution in [0.15, 0.2) is 43.0 Å². The van der Waals surface area contributed by atoms with Crippen molar-refractivity contribution in [3.8, 4) is 0 Å². The Balaban J connectivity index is 1.48. The van der Waals surface area contributed by atoms with E-state index in [0.29, 0.717) is 5.56 Å². The molecule has 2 saturated heterocycles. The number of rotatable bonds is 4. The molecule has 3 aromatic rings. The summed E-state index contributed by atoms with van der Waals surface area (Å²) < 4.78 is 40.0. The quantitative estimate of drug-likeness (QED) is 0.554. The number of benzene rings is 1. The predicted molar refractivity (Wildman–Crippen MR) is 119 cm³/mol. The number of halogens is 1. The SMILES string of the molecule is CC(=O)O[C@@H]1[C@@H](F)[C@@H]2OC(C)(C)OC[C@H]2O[C@H]1n1cnc2c(NC(=O)c3ccccc3)ncnc21. The second-order valence-corrected chi connectivity index (χ2v) is 8.74. The fraction of sp³-hybridized carbons (Fsp3) is 0.435.